The van der Waals surface area contributed by atoms with Crippen LogP contribution in [0.1, 0.15) is 26.0 Å². The number of rotatable bonds is 4. The van der Waals surface area contributed by atoms with Gasteiger partial charge >= 0.3 is 0 Å². The van der Waals surface area contributed by atoms with E-state index >= 15 is 0 Å². The van der Waals surface area contributed by atoms with Crippen LogP contribution in [0.2, 0.25) is 0 Å². The normalized spacial score (nSPS) is 13.9. The lowest BCUT2D eigenvalue weighted by atomic mass is 9.88. The van der Waals surface area contributed by atoms with E-state index in [1.54, 1.807) is 25.3 Å². The van der Waals surface area contributed by atoms with Crippen LogP contribution in [0.5, 0.6) is 0 Å². The van der Waals surface area contributed by atoms with Gasteiger partial charge in [-0.15, -0.1) is 0 Å². The molecule has 0 spiro atoms. The summed E-state index contributed by atoms with van der Waals surface area (Å²) in [7, 11) is 0. The van der Waals surface area contributed by atoms with Gasteiger partial charge in [0.25, 0.3) is 0 Å². The summed E-state index contributed by atoms with van der Waals surface area (Å²) in [5.41, 5.74) is -0.952. The van der Waals surface area contributed by atoms with E-state index < -0.39 is 5.41 Å². The van der Waals surface area contributed by atoms with Gasteiger partial charge in [0.1, 0.15) is 11.2 Å². The van der Waals surface area contributed by atoms with Gasteiger partial charge in [-0.3, -0.25) is 4.79 Å². The Morgan fingerprint density at radius 3 is 2.93 bits per heavy atom. The molecular formula is C11H14N2O2. The predicted octanol–water partition coefficient (Wildman–Crippen LogP) is 1.84. The van der Waals surface area contributed by atoms with Gasteiger partial charge in [0.15, 0.2) is 0 Å². The summed E-state index contributed by atoms with van der Waals surface area (Å²) >= 11 is 0. The molecule has 15 heavy (non-hydrogen) atoms. The van der Waals surface area contributed by atoms with Crippen LogP contribution in [0.15, 0.2) is 22.8 Å². The first-order chi connectivity index (χ1) is 7.12. The SMILES string of the molecule is CCC(C)(C#N)C(=O)NCc1ccco1. The van der Waals surface area contributed by atoms with Crippen molar-refractivity contribution in [3.63, 3.8) is 0 Å². The number of carbonyl (C=O) groups is 1. The van der Waals surface area contributed by atoms with Crippen molar-refractivity contribution in [1.29, 1.82) is 5.26 Å². The Bertz CT molecular complexity index is 364. The summed E-state index contributed by atoms with van der Waals surface area (Å²) in [5.74, 6) is 0.420. The third-order valence-corrected chi connectivity index (χ3v) is 2.46. The molecular weight excluding hydrogens is 192 g/mol. The minimum Gasteiger partial charge on any atom is -0.467 e. The summed E-state index contributed by atoms with van der Waals surface area (Å²) in [5, 5.41) is 11.6. The Kier molecular flexibility index (Phi) is 3.51. The van der Waals surface area contributed by atoms with E-state index in [1.807, 2.05) is 13.0 Å². The number of amides is 1. The molecule has 1 amide bonds. The molecule has 1 rings (SSSR count). The lowest BCUT2D eigenvalue weighted by Gasteiger charge is -2.17. The third-order valence-electron chi connectivity index (χ3n) is 2.46. The molecule has 0 aromatic carbocycles. The summed E-state index contributed by atoms with van der Waals surface area (Å²) < 4.78 is 5.07. The molecule has 0 radical (unpaired) electrons. The van der Waals surface area contributed by atoms with E-state index in [0.717, 1.165) is 0 Å². The highest BCUT2D eigenvalue weighted by Gasteiger charge is 2.30. The average molecular weight is 206 g/mol. The van der Waals surface area contributed by atoms with Gasteiger partial charge in [-0.25, -0.2) is 0 Å². The second-order valence-electron chi connectivity index (χ2n) is 3.56. The number of nitriles is 1. The second kappa shape index (κ2) is 4.65. The molecule has 1 N–H and O–H groups in total. The van der Waals surface area contributed by atoms with Crippen molar-refractivity contribution in [1.82, 2.24) is 5.32 Å². The monoisotopic (exact) mass is 206 g/mol. The van der Waals surface area contributed by atoms with Gasteiger partial charge in [0.05, 0.1) is 18.9 Å². The largest absolute Gasteiger partial charge is 0.467 e. The number of nitrogens with zero attached hydrogens (tertiary/aromatic N) is 1. The zero-order valence-corrected chi connectivity index (χ0v) is 8.91. The van der Waals surface area contributed by atoms with E-state index in [0.29, 0.717) is 18.7 Å². The lowest BCUT2D eigenvalue weighted by Crippen LogP contribution is -2.37. The fourth-order valence-electron chi connectivity index (χ4n) is 1.07. The van der Waals surface area contributed by atoms with Crippen molar-refractivity contribution in [3.8, 4) is 6.07 Å². The predicted molar refractivity (Wildman–Crippen MR) is 54.6 cm³/mol. The molecule has 1 aromatic rings. The molecule has 0 aliphatic rings. The van der Waals surface area contributed by atoms with Crippen molar-refractivity contribution >= 4 is 5.91 Å². The zero-order valence-electron chi connectivity index (χ0n) is 8.91. The Labute approximate surface area is 88.9 Å². The molecule has 4 heteroatoms. The van der Waals surface area contributed by atoms with E-state index in [1.165, 1.54) is 0 Å². The standard InChI is InChI=1S/C11H14N2O2/c1-3-11(2,8-12)10(14)13-7-9-5-4-6-15-9/h4-6H,3,7H2,1-2H3,(H,13,14). The first-order valence-electron chi connectivity index (χ1n) is 4.84. The molecule has 1 aromatic heterocycles. The molecule has 1 atom stereocenters. The maximum Gasteiger partial charge on any atom is 0.240 e. The quantitative estimate of drug-likeness (QED) is 0.817. The molecule has 1 unspecified atom stereocenters. The second-order valence-corrected chi connectivity index (χ2v) is 3.56. The van der Waals surface area contributed by atoms with Crippen molar-refractivity contribution in [2.24, 2.45) is 5.41 Å². The first-order valence-corrected chi connectivity index (χ1v) is 4.84. The van der Waals surface area contributed by atoms with E-state index in [-0.39, 0.29) is 5.91 Å². The van der Waals surface area contributed by atoms with Gasteiger partial charge in [-0.05, 0) is 25.5 Å². The van der Waals surface area contributed by atoms with Gasteiger partial charge in [-0.2, -0.15) is 5.26 Å². The van der Waals surface area contributed by atoms with Crippen molar-refractivity contribution in [3.05, 3.63) is 24.2 Å². The number of carbonyl (C=O) groups excluding carboxylic acids is 1. The minimum atomic E-state index is -0.952. The van der Waals surface area contributed by atoms with Crippen LogP contribution < -0.4 is 5.32 Å². The van der Waals surface area contributed by atoms with Crippen molar-refractivity contribution in [2.45, 2.75) is 26.8 Å². The van der Waals surface area contributed by atoms with Crippen LogP contribution in [0, 0.1) is 16.7 Å². The Hall–Kier alpha value is -1.76. The van der Waals surface area contributed by atoms with Gasteiger partial charge in [0, 0.05) is 0 Å². The van der Waals surface area contributed by atoms with Gasteiger partial charge in [0.2, 0.25) is 5.91 Å². The van der Waals surface area contributed by atoms with Crippen LogP contribution in [0.3, 0.4) is 0 Å². The first kappa shape index (κ1) is 11.3. The lowest BCUT2D eigenvalue weighted by molar-refractivity contribution is -0.127. The smallest absolute Gasteiger partial charge is 0.240 e. The fraction of sp³-hybridized carbons (Fsp3) is 0.455. The highest BCUT2D eigenvalue weighted by atomic mass is 16.3. The Balaban J connectivity index is 2.53. The Morgan fingerprint density at radius 2 is 2.47 bits per heavy atom. The maximum atomic E-state index is 11.6. The topological polar surface area (TPSA) is 66.0 Å². The van der Waals surface area contributed by atoms with Gasteiger partial charge in [-0.1, -0.05) is 6.92 Å². The van der Waals surface area contributed by atoms with Crippen LogP contribution in [0.4, 0.5) is 0 Å². The highest BCUT2D eigenvalue weighted by molar-refractivity contribution is 5.84. The summed E-state index contributed by atoms with van der Waals surface area (Å²) in [6.07, 6.45) is 2.04. The average Bonchev–Trinajstić information content (AvgIpc) is 2.77. The maximum absolute atomic E-state index is 11.6. The number of nitrogens with one attached hydrogen (secondary N) is 1. The third kappa shape index (κ3) is 2.59. The van der Waals surface area contributed by atoms with E-state index in [9.17, 15) is 4.79 Å². The minimum absolute atomic E-state index is 0.260. The van der Waals surface area contributed by atoms with Crippen LogP contribution >= 0.6 is 0 Å². The van der Waals surface area contributed by atoms with Crippen LogP contribution in [-0.2, 0) is 11.3 Å². The molecule has 1 heterocycles. The number of hydrogen-bond donors (Lipinski definition) is 1. The van der Waals surface area contributed by atoms with E-state index in [2.05, 4.69) is 5.32 Å². The molecule has 80 valence electrons. The summed E-state index contributed by atoms with van der Waals surface area (Å²) in [6, 6.07) is 5.54. The molecule has 0 aliphatic heterocycles. The molecule has 0 saturated heterocycles. The van der Waals surface area contributed by atoms with E-state index in [4.69, 9.17) is 9.68 Å². The Morgan fingerprint density at radius 1 is 1.73 bits per heavy atom. The number of hydrogen-bond acceptors (Lipinski definition) is 3. The number of furan rings is 1. The van der Waals surface area contributed by atoms with Crippen LogP contribution in [0.25, 0.3) is 0 Å². The van der Waals surface area contributed by atoms with Crippen molar-refractivity contribution < 1.29 is 9.21 Å². The van der Waals surface area contributed by atoms with Crippen LogP contribution in [-0.4, -0.2) is 5.91 Å². The zero-order chi connectivity index (χ0) is 11.3. The molecule has 0 bridgehead atoms. The summed E-state index contributed by atoms with van der Waals surface area (Å²) in [4.78, 5) is 11.6. The summed E-state index contributed by atoms with van der Waals surface area (Å²) in [6.45, 7) is 3.77. The van der Waals surface area contributed by atoms with Crippen molar-refractivity contribution in [2.75, 3.05) is 0 Å². The van der Waals surface area contributed by atoms with Gasteiger partial charge < -0.3 is 9.73 Å². The molecule has 0 aliphatic carbocycles. The molecule has 4 nitrogen and oxygen atoms in total. The fourth-order valence-corrected chi connectivity index (χ4v) is 1.07. The highest BCUT2D eigenvalue weighted by Crippen LogP contribution is 2.19. The molecule has 0 saturated carbocycles. The molecule has 0 fully saturated rings.